The summed E-state index contributed by atoms with van der Waals surface area (Å²) in [7, 11) is 0. The number of ether oxygens (including phenoxy) is 1. The van der Waals surface area contributed by atoms with Crippen LogP contribution in [0.15, 0.2) is 30.3 Å². The molecule has 1 amide bonds. The summed E-state index contributed by atoms with van der Waals surface area (Å²) in [4.78, 5) is 13.0. The highest BCUT2D eigenvalue weighted by Crippen LogP contribution is 2.26. The van der Waals surface area contributed by atoms with Crippen molar-refractivity contribution in [2.45, 2.75) is 25.5 Å². The molecule has 1 fully saturated rings. The standard InChI is InChI=1S/C16H18ClN3O3/c1-10-6-14(19-18-10)15-8-20(16(21)22)13(9-23-15)7-11-2-4-12(17)5-3-11/h2-6,13,15H,7-9H2,1H3,(H,18,19)(H,21,22)/t13-,15+/m0/s1. The van der Waals surface area contributed by atoms with Gasteiger partial charge in [0.05, 0.1) is 24.9 Å². The van der Waals surface area contributed by atoms with Crippen molar-refractivity contribution in [2.24, 2.45) is 0 Å². The smallest absolute Gasteiger partial charge is 0.407 e. The van der Waals surface area contributed by atoms with E-state index >= 15 is 0 Å². The van der Waals surface area contributed by atoms with E-state index in [1.54, 1.807) is 12.1 Å². The number of morpholine rings is 1. The van der Waals surface area contributed by atoms with Crippen LogP contribution in [0.1, 0.15) is 23.1 Å². The first kappa shape index (κ1) is 15.8. The lowest BCUT2D eigenvalue weighted by molar-refractivity contribution is -0.0569. The minimum atomic E-state index is -0.940. The van der Waals surface area contributed by atoms with Gasteiger partial charge in [-0.05, 0) is 37.1 Å². The minimum Gasteiger partial charge on any atom is -0.465 e. The number of H-pyrrole nitrogens is 1. The topological polar surface area (TPSA) is 78.5 Å². The number of aromatic nitrogens is 2. The van der Waals surface area contributed by atoms with Crippen LogP contribution in [0, 0.1) is 6.92 Å². The molecule has 122 valence electrons. The maximum Gasteiger partial charge on any atom is 0.407 e. The van der Waals surface area contributed by atoms with Crippen molar-refractivity contribution in [3.05, 3.63) is 52.3 Å². The first-order valence-corrected chi connectivity index (χ1v) is 7.78. The van der Waals surface area contributed by atoms with Crippen LogP contribution in [-0.4, -0.2) is 45.5 Å². The molecular formula is C16H18ClN3O3. The monoisotopic (exact) mass is 335 g/mol. The molecular weight excluding hydrogens is 318 g/mol. The molecule has 23 heavy (non-hydrogen) atoms. The molecule has 1 aliphatic rings. The molecule has 2 atom stereocenters. The summed E-state index contributed by atoms with van der Waals surface area (Å²) in [5, 5.41) is 17.2. The van der Waals surface area contributed by atoms with Gasteiger partial charge in [0, 0.05) is 10.7 Å². The summed E-state index contributed by atoms with van der Waals surface area (Å²) in [5.74, 6) is 0. The van der Waals surface area contributed by atoms with E-state index in [-0.39, 0.29) is 18.7 Å². The van der Waals surface area contributed by atoms with Crippen molar-refractivity contribution < 1.29 is 14.6 Å². The van der Waals surface area contributed by atoms with Crippen LogP contribution < -0.4 is 0 Å². The van der Waals surface area contributed by atoms with Crippen molar-refractivity contribution in [2.75, 3.05) is 13.2 Å². The van der Waals surface area contributed by atoms with Gasteiger partial charge < -0.3 is 9.84 Å². The first-order chi connectivity index (χ1) is 11.0. The summed E-state index contributed by atoms with van der Waals surface area (Å²) in [6.07, 6.45) is -0.683. The van der Waals surface area contributed by atoms with Gasteiger partial charge in [0.15, 0.2) is 0 Å². The lowest BCUT2D eigenvalue weighted by Gasteiger charge is -2.37. The van der Waals surface area contributed by atoms with Crippen molar-refractivity contribution in [3.8, 4) is 0 Å². The van der Waals surface area contributed by atoms with E-state index < -0.39 is 6.09 Å². The summed E-state index contributed by atoms with van der Waals surface area (Å²) in [6.45, 7) is 2.51. The number of carbonyl (C=O) groups is 1. The number of benzene rings is 1. The van der Waals surface area contributed by atoms with Crippen molar-refractivity contribution >= 4 is 17.7 Å². The van der Waals surface area contributed by atoms with E-state index in [9.17, 15) is 9.90 Å². The molecule has 2 heterocycles. The Morgan fingerprint density at radius 1 is 1.48 bits per heavy atom. The van der Waals surface area contributed by atoms with Gasteiger partial charge in [0.1, 0.15) is 6.10 Å². The minimum absolute atomic E-state index is 0.218. The van der Waals surface area contributed by atoms with Gasteiger partial charge in [-0.3, -0.25) is 10.00 Å². The Bertz CT molecular complexity index is 686. The normalized spacial score (nSPS) is 21.4. The van der Waals surface area contributed by atoms with E-state index in [1.165, 1.54) is 4.90 Å². The molecule has 0 saturated carbocycles. The summed E-state index contributed by atoms with van der Waals surface area (Å²) in [5.41, 5.74) is 2.69. The first-order valence-electron chi connectivity index (χ1n) is 7.40. The Hall–Kier alpha value is -2.05. The third-order valence-electron chi connectivity index (χ3n) is 3.98. The largest absolute Gasteiger partial charge is 0.465 e. The van der Waals surface area contributed by atoms with Gasteiger partial charge in [-0.2, -0.15) is 5.10 Å². The molecule has 2 N–H and O–H groups in total. The zero-order chi connectivity index (χ0) is 16.4. The third-order valence-corrected chi connectivity index (χ3v) is 4.23. The van der Waals surface area contributed by atoms with Crippen LogP contribution in [-0.2, 0) is 11.2 Å². The Balaban J connectivity index is 1.72. The van der Waals surface area contributed by atoms with E-state index in [2.05, 4.69) is 10.2 Å². The highest BCUT2D eigenvalue weighted by Gasteiger charge is 2.34. The van der Waals surface area contributed by atoms with Gasteiger partial charge >= 0.3 is 6.09 Å². The molecule has 0 aliphatic carbocycles. The Morgan fingerprint density at radius 2 is 2.22 bits per heavy atom. The third kappa shape index (κ3) is 3.65. The van der Waals surface area contributed by atoms with Crippen molar-refractivity contribution in [1.82, 2.24) is 15.1 Å². The molecule has 3 rings (SSSR count). The predicted octanol–water partition coefficient (Wildman–Crippen LogP) is 3.03. The van der Waals surface area contributed by atoms with Crippen LogP contribution in [0.3, 0.4) is 0 Å². The number of halogens is 1. The van der Waals surface area contributed by atoms with Gasteiger partial charge in [-0.1, -0.05) is 23.7 Å². The lowest BCUT2D eigenvalue weighted by Crippen LogP contribution is -2.50. The summed E-state index contributed by atoms with van der Waals surface area (Å²) >= 11 is 5.88. The van der Waals surface area contributed by atoms with Crippen LogP contribution in [0.25, 0.3) is 0 Å². The zero-order valence-electron chi connectivity index (χ0n) is 12.7. The van der Waals surface area contributed by atoms with Gasteiger partial charge in [-0.15, -0.1) is 0 Å². The van der Waals surface area contributed by atoms with Crippen molar-refractivity contribution in [3.63, 3.8) is 0 Å². The second-order valence-electron chi connectivity index (χ2n) is 5.72. The Morgan fingerprint density at radius 3 is 2.83 bits per heavy atom. The predicted molar refractivity (Wildman–Crippen MR) is 85.7 cm³/mol. The molecule has 1 aromatic heterocycles. The van der Waals surface area contributed by atoms with Crippen molar-refractivity contribution in [1.29, 1.82) is 0 Å². The van der Waals surface area contributed by atoms with Crippen LogP contribution >= 0.6 is 11.6 Å². The quantitative estimate of drug-likeness (QED) is 0.903. The van der Waals surface area contributed by atoms with Gasteiger partial charge in [0.2, 0.25) is 0 Å². The fraction of sp³-hybridized carbons (Fsp3) is 0.375. The Kier molecular flexibility index (Phi) is 4.54. The van der Waals surface area contributed by atoms with Crippen LogP contribution in [0.2, 0.25) is 5.02 Å². The summed E-state index contributed by atoms with van der Waals surface area (Å²) < 4.78 is 5.85. The number of nitrogens with one attached hydrogen (secondary N) is 1. The number of hydrogen-bond acceptors (Lipinski definition) is 3. The molecule has 6 nitrogen and oxygen atoms in total. The van der Waals surface area contributed by atoms with Gasteiger partial charge in [-0.25, -0.2) is 4.79 Å². The number of nitrogens with zero attached hydrogens (tertiary/aromatic N) is 2. The molecule has 1 saturated heterocycles. The average Bonchev–Trinajstić information content (AvgIpc) is 2.96. The van der Waals surface area contributed by atoms with E-state index in [0.717, 1.165) is 17.0 Å². The molecule has 7 heteroatoms. The molecule has 2 aromatic rings. The molecule has 0 bridgehead atoms. The lowest BCUT2D eigenvalue weighted by atomic mass is 10.0. The fourth-order valence-electron chi connectivity index (χ4n) is 2.78. The SMILES string of the molecule is Cc1cc([C@H]2CN(C(=O)O)[C@@H](Cc3ccc(Cl)cc3)CO2)n[nH]1. The maximum atomic E-state index is 11.6. The van der Waals surface area contributed by atoms with Crippen LogP contribution in [0.5, 0.6) is 0 Å². The number of hydrogen-bond donors (Lipinski definition) is 2. The average molecular weight is 336 g/mol. The van der Waals surface area contributed by atoms with E-state index in [4.69, 9.17) is 16.3 Å². The number of amides is 1. The Labute approximate surface area is 139 Å². The number of rotatable bonds is 3. The second-order valence-corrected chi connectivity index (χ2v) is 6.15. The maximum absolute atomic E-state index is 11.6. The second kappa shape index (κ2) is 6.60. The highest BCUT2D eigenvalue weighted by atomic mass is 35.5. The molecule has 1 aliphatic heterocycles. The molecule has 0 unspecified atom stereocenters. The molecule has 0 radical (unpaired) electrons. The van der Waals surface area contributed by atoms with E-state index in [0.29, 0.717) is 18.1 Å². The fourth-order valence-corrected chi connectivity index (χ4v) is 2.90. The van der Waals surface area contributed by atoms with Gasteiger partial charge in [0.25, 0.3) is 0 Å². The molecule has 0 spiro atoms. The number of aryl methyl sites for hydroxylation is 1. The van der Waals surface area contributed by atoms with E-state index in [1.807, 2.05) is 25.1 Å². The van der Waals surface area contributed by atoms with Crippen LogP contribution in [0.4, 0.5) is 4.79 Å². The molecule has 1 aromatic carbocycles. The number of carboxylic acid groups (broad SMARTS) is 1. The summed E-state index contributed by atoms with van der Waals surface area (Å²) in [6, 6.07) is 9.09. The number of aromatic amines is 1. The zero-order valence-corrected chi connectivity index (χ0v) is 13.5. The highest BCUT2D eigenvalue weighted by molar-refractivity contribution is 6.30.